The van der Waals surface area contributed by atoms with Gasteiger partial charge >= 0.3 is 6.03 Å². The number of imide groups is 1. The van der Waals surface area contributed by atoms with Crippen LogP contribution >= 0.6 is 0 Å². The SMILES string of the molecule is COc1ccc(CN(C)C(=O)CN2C(=O)NC3(CCCCC3C)C2=O)cc1F. The second kappa shape index (κ2) is 7.77. The third-order valence-electron chi connectivity index (χ3n) is 5.86. The zero-order valence-corrected chi connectivity index (χ0v) is 16.5. The molecule has 1 spiro atoms. The molecule has 0 radical (unpaired) electrons. The Morgan fingerprint density at radius 3 is 2.79 bits per heavy atom. The molecule has 1 aromatic rings. The van der Waals surface area contributed by atoms with Gasteiger partial charge in [0, 0.05) is 13.6 Å². The predicted molar refractivity (Wildman–Crippen MR) is 100 cm³/mol. The fourth-order valence-electron chi connectivity index (χ4n) is 4.07. The van der Waals surface area contributed by atoms with E-state index in [0.717, 1.165) is 24.2 Å². The van der Waals surface area contributed by atoms with E-state index in [1.807, 2.05) is 6.92 Å². The van der Waals surface area contributed by atoms with Crippen molar-refractivity contribution < 1.29 is 23.5 Å². The van der Waals surface area contributed by atoms with Gasteiger partial charge in [-0.25, -0.2) is 9.18 Å². The van der Waals surface area contributed by atoms with Crippen LogP contribution in [-0.2, 0) is 16.1 Å². The number of hydrogen-bond donors (Lipinski definition) is 1. The van der Waals surface area contributed by atoms with Gasteiger partial charge in [-0.2, -0.15) is 0 Å². The van der Waals surface area contributed by atoms with Crippen molar-refractivity contribution in [2.45, 2.75) is 44.7 Å². The molecule has 8 heteroatoms. The predicted octanol–water partition coefficient (Wildman–Crippen LogP) is 2.29. The number of ether oxygens (including phenoxy) is 1. The number of rotatable bonds is 5. The van der Waals surface area contributed by atoms with E-state index in [0.29, 0.717) is 12.0 Å². The van der Waals surface area contributed by atoms with Crippen LogP contribution in [0.15, 0.2) is 18.2 Å². The van der Waals surface area contributed by atoms with Crippen molar-refractivity contribution in [1.82, 2.24) is 15.1 Å². The van der Waals surface area contributed by atoms with Crippen molar-refractivity contribution in [1.29, 1.82) is 0 Å². The maximum absolute atomic E-state index is 13.8. The van der Waals surface area contributed by atoms with Crippen molar-refractivity contribution in [2.75, 3.05) is 20.7 Å². The smallest absolute Gasteiger partial charge is 0.325 e. The van der Waals surface area contributed by atoms with Gasteiger partial charge in [0.05, 0.1) is 7.11 Å². The summed E-state index contributed by atoms with van der Waals surface area (Å²) in [5.74, 6) is -1.05. The maximum Gasteiger partial charge on any atom is 0.325 e. The fraction of sp³-hybridized carbons (Fsp3) is 0.550. The van der Waals surface area contributed by atoms with E-state index in [2.05, 4.69) is 5.32 Å². The van der Waals surface area contributed by atoms with Crippen molar-refractivity contribution >= 4 is 17.8 Å². The van der Waals surface area contributed by atoms with E-state index < -0.39 is 17.4 Å². The van der Waals surface area contributed by atoms with E-state index in [-0.39, 0.29) is 36.6 Å². The van der Waals surface area contributed by atoms with Crippen molar-refractivity contribution in [3.63, 3.8) is 0 Å². The first-order valence-electron chi connectivity index (χ1n) is 9.49. The van der Waals surface area contributed by atoms with Gasteiger partial charge in [0.15, 0.2) is 11.6 Å². The van der Waals surface area contributed by atoms with Crippen LogP contribution in [0.25, 0.3) is 0 Å². The summed E-state index contributed by atoms with van der Waals surface area (Å²) in [5.41, 5.74) is -0.295. The summed E-state index contributed by atoms with van der Waals surface area (Å²) in [7, 11) is 2.94. The summed E-state index contributed by atoms with van der Waals surface area (Å²) in [6, 6.07) is 3.94. The average molecular weight is 391 g/mol. The summed E-state index contributed by atoms with van der Waals surface area (Å²) >= 11 is 0. The molecule has 2 unspecified atom stereocenters. The highest BCUT2D eigenvalue weighted by molar-refractivity contribution is 6.09. The Morgan fingerprint density at radius 2 is 2.14 bits per heavy atom. The third kappa shape index (κ3) is 3.55. The highest BCUT2D eigenvalue weighted by atomic mass is 19.1. The molecule has 1 aliphatic carbocycles. The molecule has 0 aromatic heterocycles. The topological polar surface area (TPSA) is 79.0 Å². The van der Waals surface area contributed by atoms with E-state index in [1.54, 1.807) is 13.1 Å². The highest BCUT2D eigenvalue weighted by Gasteiger charge is 2.55. The summed E-state index contributed by atoms with van der Waals surface area (Å²) in [5, 5.41) is 2.84. The second-order valence-electron chi connectivity index (χ2n) is 7.66. The molecule has 1 saturated heterocycles. The molecular weight excluding hydrogens is 365 g/mol. The quantitative estimate of drug-likeness (QED) is 0.781. The lowest BCUT2D eigenvalue weighted by atomic mass is 9.73. The largest absolute Gasteiger partial charge is 0.494 e. The number of carbonyl (C=O) groups is 3. The number of amides is 4. The molecule has 2 aliphatic rings. The van der Waals surface area contributed by atoms with Gasteiger partial charge < -0.3 is 15.0 Å². The van der Waals surface area contributed by atoms with E-state index >= 15 is 0 Å². The van der Waals surface area contributed by atoms with Crippen molar-refractivity contribution in [3.8, 4) is 5.75 Å². The number of nitrogens with zero attached hydrogens (tertiary/aromatic N) is 2. The fourth-order valence-corrected chi connectivity index (χ4v) is 4.07. The molecule has 1 aliphatic heterocycles. The molecule has 1 saturated carbocycles. The van der Waals surface area contributed by atoms with Gasteiger partial charge in [-0.15, -0.1) is 0 Å². The molecule has 1 aromatic carbocycles. The Kier molecular flexibility index (Phi) is 5.58. The Morgan fingerprint density at radius 1 is 1.39 bits per heavy atom. The average Bonchev–Trinajstić information content (AvgIpc) is 2.89. The molecular formula is C20H26FN3O4. The van der Waals surface area contributed by atoms with E-state index in [9.17, 15) is 18.8 Å². The van der Waals surface area contributed by atoms with Gasteiger partial charge in [0.2, 0.25) is 5.91 Å². The van der Waals surface area contributed by atoms with Crippen LogP contribution < -0.4 is 10.1 Å². The first kappa shape index (κ1) is 20.1. The Hall–Kier alpha value is -2.64. The van der Waals surface area contributed by atoms with Crippen LogP contribution in [0.3, 0.4) is 0 Å². The number of likely N-dealkylation sites (N-methyl/N-ethyl adjacent to an activating group) is 1. The standard InChI is InChI=1S/C20H26FN3O4/c1-13-6-4-5-9-20(13)18(26)24(19(27)22-20)12-17(25)23(2)11-14-7-8-16(28-3)15(21)10-14/h7-8,10,13H,4-6,9,11-12H2,1-3H3,(H,22,27). The van der Waals surface area contributed by atoms with Crippen LogP contribution in [0, 0.1) is 11.7 Å². The number of carbonyl (C=O) groups excluding carboxylic acids is 3. The molecule has 3 rings (SSSR count). The molecule has 28 heavy (non-hydrogen) atoms. The number of nitrogens with one attached hydrogen (secondary N) is 1. The first-order valence-corrected chi connectivity index (χ1v) is 9.49. The monoisotopic (exact) mass is 391 g/mol. The molecule has 2 fully saturated rings. The molecule has 152 valence electrons. The summed E-state index contributed by atoms with van der Waals surface area (Å²) in [6.07, 6.45) is 3.38. The number of benzene rings is 1. The molecule has 4 amide bonds. The number of halogens is 1. The van der Waals surface area contributed by atoms with Gasteiger partial charge in [-0.3, -0.25) is 14.5 Å². The Labute approximate surface area is 163 Å². The molecule has 0 bridgehead atoms. The summed E-state index contributed by atoms with van der Waals surface area (Å²) < 4.78 is 18.7. The number of urea groups is 1. The zero-order valence-electron chi connectivity index (χ0n) is 16.5. The normalized spacial score (nSPS) is 24.4. The van der Waals surface area contributed by atoms with Gasteiger partial charge in [0.25, 0.3) is 5.91 Å². The summed E-state index contributed by atoms with van der Waals surface area (Å²) in [6.45, 7) is 1.80. The molecule has 1 heterocycles. The van der Waals surface area contributed by atoms with E-state index in [1.165, 1.54) is 24.1 Å². The van der Waals surface area contributed by atoms with Crippen molar-refractivity contribution in [3.05, 3.63) is 29.6 Å². The third-order valence-corrected chi connectivity index (χ3v) is 5.86. The van der Waals surface area contributed by atoms with Crippen LogP contribution in [0.1, 0.15) is 38.2 Å². The number of methoxy groups -OCH3 is 1. The first-order chi connectivity index (χ1) is 13.3. The molecule has 2 atom stereocenters. The lowest BCUT2D eigenvalue weighted by molar-refractivity contribution is -0.140. The van der Waals surface area contributed by atoms with Gasteiger partial charge in [-0.1, -0.05) is 25.8 Å². The zero-order chi connectivity index (χ0) is 20.5. The Bertz CT molecular complexity index is 800. The van der Waals surface area contributed by atoms with Crippen LogP contribution in [0.4, 0.5) is 9.18 Å². The van der Waals surface area contributed by atoms with Gasteiger partial charge in [0.1, 0.15) is 12.1 Å². The minimum atomic E-state index is -0.882. The summed E-state index contributed by atoms with van der Waals surface area (Å²) in [4.78, 5) is 40.3. The van der Waals surface area contributed by atoms with E-state index in [4.69, 9.17) is 4.74 Å². The number of hydrogen-bond acceptors (Lipinski definition) is 4. The minimum absolute atomic E-state index is 0.0396. The van der Waals surface area contributed by atoms with Crippen molar-refractivity contribution in [2.24, 2.45) is 5.92 Å². The lowest BCUT2D eigenvalue weighted by Gasteiger charge is -2.36. The second-order valence-corrected chi connectivity index (χ2v) is 7.66. The Balaban J connectivity index is 1.66. The van der Waals surface area contributed by atoms with Crippen LogP contribution in [-0.4, -0.2) is 53.9 Å². The highest BCUT2D eigenvalue weighted by Crippen LogP contribution is 2.38. The van der Waals surface area contributed by atoms with Gasteiger partial charge in [-0.05, 0) is 36.5 Å². The van der Waals surface area contributed by atoms with Crippen LogP contribution in [0.2, 0.25) is 0 Å². The molecule has 7 nitrogen and oxygen atoms in total. The minimum Gasteiger partial charge on any atom is -0.494 e. The van der Waals surface area contributed by atoms with Crippen LogP contribution in [0.5, 0.6) is 5.75 Å². The lowest BCUT2D eigenvalue weighted by Crippen LogP contribution is -2.54. The maximum atomic E-state index is 13.8. The molecule has 1 N–H and O–H groups in total.